The number of carboxylic acid groups (broad SMARTS) is 1. The van der Waals surface area contributed by atoms with Gasteiger partial charge in [0.2, 0.25) is 0 Å². The zero-order valence-electron chi connectivity index (χ0n) is 20.7. The van der Waals surface area contributed by atoms with Crippen LogP contribution in [0.15, 0.2) is 30.5 Å². The van der Waals surface area contributed by atoms with E-state index in [9.17, 15) is 27.2 Å². The summed E-state index contributed by atoms with van der Waals surface area (Å²) in [6, 6.07) is 3.95. The molecule has 1 aliphatic carbocycles. The standard InChI is InChI=1S/C25H24F4N4O5S/c1-37-23(17-10-16(6-7-18(17)26)38-25(27,28)29)20(34)11-22-33-32-21(39-22)8-13-2-4-14(5-3-13)19-9-15(24(35)36)12-30-31-19/h6-7,9-10,12-14,23H,2-5,8,11H2,1H3,(H,35,36). The molecule has 3 aromatic rings. The monoisotopic (exact) mass is 568 g/mol. The number of benzene rings is 1. The first-order valence-electron chi connectivity index (χ1n) is 12.0. The number of carbonyl (C=O) groups is 2. The van der Waals surface area contributed by atoms with Crippen molar-refractivity contribution >= 4 is 23.1 Å². The van der Waals surface area contributed by atoms with Gasteiger partial charge in [0.25, 0.3) is 0 Å². The fourth-order valence-electron chi connectivity index (χ4n) is 4.64. The predicted octanol–water partition coefficient (Wildman–Crippen LogP) is 5.08. The third-order valence-corrected chi connectivity index (χ3v) is 7.44. The Kier molecular flexibility index (Phi) is 8.85. The lowest BCUT2D eigenvalue weighted by Gasteiger charge is -2.27. The van der Waals surface area contributed by atoms with Gasteiger partial charge in [0, 0.05) is 25.0 Å². The minimum Gasteiger partial charge on any atom is -0.478 e. The number of alkyl halides is 3. The van der Waals surface area contributed by atoms with E-state index in [2.05, 4.69) is 25.1 Å². The van der Waals surface area contributed by atoms with Gasteiger partial charge in [-0.05, 0) is 55.9 Å². The number of rotatable bonds is 10. The first-order chi connectivity index (χ1) is 18.5. The molecule has 2 aromatic heterocycles. The van der Waals surface area contributed by atoms with Crippen molar-refractivity contribution in [3.63, 3.8) is 0 Å². The van der Waals surface area contributed by atoms with Crippen LogP contribution in [0.1, 0.15) is 69.3 Å². The lowest BCUT2D eigenvalue weighted by atomic mass is 9.79. The van der Waals surface area contributed by atoms with Gasteiger partial charge in [-0.2, -0.15) is 10.2 Å². The molecule has 9 nitrogen and oxygen atoms in total. The van der Waals surface area contributed by atoms with E-state index < -0.39 is 35.8 Å². The molecule has 0 saturated heterocycles. The average Bonchev–Trinajstić information content (AvgIpc) is 3.32. The molecule has 0 radical (unpaired) electrons. The van der Waals surface area contributed by atoms with Gasteiger partial charge in [0.15, 0.2) is 5.78 Å². The van der Waals surface area contributed by atoms with E-state index in [0.717, 1.165) is 56.0 Å². The Morgan fingerprint density at radius 3 is 2.49 bits per heavy atom. The van der Waals surface area contributed by atoms with Gasteiger partial charge < -0.3 is 14.6 Å². The summed E-state index contributed by atoms with van der Waals surface area (Å²) in [6.45, 7) is 0. The van der Waals surface area contributed by atoms with Crippen molar-refractivity contribution in [1.82, 2.24) is 20.4 Å². The third kappa shape index (κ3) is 7.53. The number of aromatic nitrogens is 4. The molecule has 1 unspecified atom stereocenters. The maximum Gasteiger partial charge on any atom is 0.573 e. The second kappa shape index (κ2) is 12.1. The topological polar surface area (TPSA) is 124 Å². The number of nitrogens with zero attached hydrogens (tertiary/aromatic N) is 4. The van der Waals surface area contributed by atoms with Crippen LogP contribution in [0.2, 0.25) is 0 Å². The number of aromatic carboxylic acids is 1. The summed E-state index contributed by atoms with van der Waals surface area (Å²) < 4.78 is 61.0. The molecule has 208 valence electrons. The quantitative estimate of drug-likeness (QED) is 0.334. The molecular weight excluding hydrogens is 544 g/mol. The van der Waals surface area contributed by atoms with Crippen LogP contribution in [-0.4, -0.2) is 50.7 Å². The first-order valence-corrected chi connectivity index (χ1v) is 12.8. The van der Waals surface area contributed by atoms with E-state index in [0.29, 0.717) is 23.0 Å². The highest BCUT2D eigenvalue weighted by atomic mass is 32.1. The maximum absolute atomic E-state index is 14.4. The number of carboxylic acids is 1. The maximum atomic E-state index is 14.4. The zero-order chi connectivity index (χ0) is 28.2. The zero-order valence-corrected chi connectivity index (χ0v) is 21.5. The number of methoxy groups -OCH3 is 1. The third-order valence-electron chi connectivity index (χ3n) is 6.49. The molecule has 0 amide bonds. The van der Waals surface area contributed by atoms with Gasteiger partial charge in [-0.1, -0.05) is 0 Å². The van der Waals surface area contributed by atoms with Crippen LogP contribution in [0.5, 0.6) is 5.75 Å². The second-order valence-electron chi connectivity index (χ2n) is 9.18. The van der Waals surface area contributed by atoms with Gasteiger partial charge in [-0.25, -0.2) is 9.18 Å². The molecule has 1 aromatic carbocycles. The van der Waals surface area contributed by atoms with Crippen molar-refractivity contribution in [2.45, 2.75) is 56.9 Å². The van der Waals surface area contributed by atoms with Crippen LogP contribution in [0.4, 0.5) is 17.6 Å². The van der Waals surface area contributed by atoms with E-state index in [4.69, 9.17) is 9.84 Å². The molecule has 0 spiro atoms. The van der Waals surface area contributed by atoms with Crippen molar-refractivity contribution in [2.75, 3.05) is 7.11 Å². The van der Waals surface area contributed by atoms with Crippen LogP contribution in [-0.2, 0) is 22.4 Å². The molecule has 1 aliphatic rings. The Morgan fingerprint density at radius 2 is 1.82 bits per heavy atom. The summed E-state index contributed by atoms with van der Waals surface area (Å²) in [6.07, 6.45) is -1.38. The van der Waals surface area contributed by atoms with Crippen molar-refractivity contribution in [3.05, 3.63) is 63.1 Å². The Balaban J connectivity index is 1.34. The van der Waals surface area contributed by atoms with E-state index in [1.807, 2.05) is 0 Å². The van der Waals surface area contributed by atoms with Gasteiger partial charge >= 0.3 is 12.3 Å². The Bertz CT molecular complexity index is 1330. The second-order valence-corrected chi connectivity index (χ2v) is 10.3. The summed E-state index contributed by atoms with van der Waals surface area (Å²) >= 11 is 1.24. The number of halogens is 4. The largest absolute Gasteiger partial charge is 0.573 e. The SMILES string of the molecule is COC(C(=O)Cc1nnc(CC2CCC(c3cc(C(=O)O)cnn3)CC2)s1)c1cc(OC(F)(F)F)ccc1F. The fourth-order valence-corrected chi connectivity index (χ4v) is 5.61. The summed E-state index contributed by atoms with van der Waals surface area (Å²) in [5, 5.41) is 26.4. The Labute approximate surface area is 224 Å². The summed E-state index contributed by atoms with van der Waals surface area (Å²) in [5.74, 6) is -2.75. The lowest BCUT2D eigenvalue weighted by Crippen LogP contribution is -2.20. The molecule has 0 aliphatic heterocycles. The molecular formula is C25H24F4N4O5S. The molecule has 0 bridgehead atoms. The first kappa shape index (κ1) is 28.5. The molecule has 4 rings (SSSR count). The smallest absolute Gasteiger partial charge is 0.478 e. The predicted molar refractivity (Wildman–Crippen MR) is 129 cm³/mol. The van der Waals surface area contributed by atoms with Gasteiger partial charge in [0.1, 0.15) is 27.7 Å². The van der Waals surface area contributed by atoms with Crippen molar-refractivity contribution in [1.29, 1.82) is 0 Å². The summed E-state index contributed by atoms with van der Waals surface area (Å²) in [7, 11) is 1.16. The Morgan fingerprint density at radius 1 is 1.10 bits per heavy atom. The van der Waals surface area contributed by atoms with Crippen LogP contribution in [0.25, 0.3) is 0 Å². The molecule has 39 heavy (non-hydrogen) atoms. The average molecular weight is 569 g/mol. The number of ketones is 1. The van der Waals surface area contributed by atoms with Crippen LogP contribution < -0.4 is 4.74 Å². The number of hydrogen-bond acceptors (Lipinski definition) is 9. The van der Waals surface area contributed by atoms with Crippen LogP contribution in [0.3, 0.4) is 0 Å². The highest BCUT2D eigenvalue weighted by Crippen LogP contribution is 2.37. The molecule has 14 heteroatoms. The molecule has 1 N–H and O–H groups in total. The molecule has 1 fully saturated rings. The van der Waals surface area contributed by atoms with Crippen LogP contribution in [0, 0.1) is 11.7 Å². The van der Waals surface area contributed by atoms with Crippen molar-refractivity contribution in [3.8, 4) is 5.75 Å². The normalized spacial score (nSPS) is 18.5. The molecule has 2 heterocycles. The highest BCUT2D eigenvalue weighted by Gasteiger charge is 2.33. The van der Waals surface area contributed by atoms with E-state index in [1.165, 1.54) is 17.5 Å². The van der Waals surface area contributed by atoms with Gasteiger partial charge in [-0.15, -0.1) is 34.7 Å². The van der Waals surface area contributed by atoms with E-state index in [1.54, 1.807) is 6.07 Å². The van der Waals surface area contributed by atoms with E-state index >= 15 is 0 Å². The van der Waals surface area contributed by atoms with Crippen molar-refractivity contribution in [2.24, 2.45) is 5.92 Å². The number of Topliss-reactive ketones (excluding diaryl/α,β-unsaturated/α-hetero) is 1. The van der Waals surface area contributed by atoms with Gasteiger partial charge in [-0.3, -0.25) is 4.79 Å². The van der Waals surface area contributed by atoms with Crippen LogP contribution >= 0.6 is 11.3 Å². The number of ether oxygens (including phenoxy) is 2. The molecule has 1 saturated carbocycles. The number of hydrogen-bond donors (Lipinski definition) is 1. The Hall–Kier alpha value is -3.52. The highest BCUT2D eigenvalue weighted by molar-refractivity contribution is 7.11. The minimum absolute atomic E-state index is 0.110. The van der Waals surface area contributed by atoms with Crippen molar-refractivity contribution < 1.29 is 41.7 Å². The molecule has 1 atom stereocenters. The fraction of sp³-hybridized carbons (Fsp3) is 0.440. The minimum atomic E-state index is -4.97. The van der Waals surface area contributed by atoms with Gasteiger partial charge in [0.05, 0.1) is 23.9 Å². The lowest BCUT2D eigenvalue weighted by molar-refractivity contribution is -0.274. The van der Waals surface area contributed by atoms with E-state index in [-0.39, 0.29) is 23.5 Å². The number of carbonyl (C=O) groups excluding carboxylic acids is 1. The summed E-state index contributed by atoms with van der Waals surface area (Å²) in [5.41, 5.74) is 0.410. The summed E-state index contributed by atoms with van der Waals surface area (Å²) in [4.78, 5) is 24.1.